The number of hydrogen-bond donors (Lipinski definition) is 0. The van der Waals surface area contributed by atoms with Gasteiger partial charge in [-0.3, -0.25) is 9.69 Å². The van der Waals surface area contributed by atoms with Gasteiger partial charge >= 0.3 is 0 Å². The molecule has 0 saturated carbocycles. The Morgan fingerprint density at radius 2 is 2.00 bits per heavy atom. The molecule has 28 heavy (non-hydrogen) atoms. The van der Waals surface area contributed by atoms with Crippen LogP contribution in [0.3, 0.4) is 0 Å². The number of para-hydroxylation sites is 1. The van der Waals surface area contributed by atoms with E-state index in [1.54, 1.807) is 11.3 Å². The molecule has 2 aliphatic heterocycles. The van der Waals surface area contributed by atoms with Crippen LogP contribution in [-0.2, 0) is 6.54 Å². The highest BCUT2D eigenvalue weighted by Crippen LogP contribution is 2.25. The van der Waals surface area contributed by atoms with Gasteiger partial charge in [-0.25, -0.2) is 4.98 Å². The molecule has 2 aromatic rings. The number of thiazole rings is 1. The van der Waals surface area contributed by atoms with Crippen LogP contribution in [0.15, 0.2) is 35.8 Å². The lowest BCUT2D eigenvalue weighted by atomic mass is 9.99. The van der Waals surface area contributed by atoms with Crippen molar-refractivity contribution in [2.75, 3.05) is 32.8 Å². The number of nitrogens with zero attached hydrogens (tertiary/aromatic N) is 3. The Bertz CT molecular complexity index is 759. The average Bonchev–Trinajstić information content (AvgIpc) is 3.26. The van der Waals surface area contributed by atoms with Gasteiger partial charge in [-0.2, -0.15) is 0 Å². The maximum atomic E-state index is 12.9. The third kappa shape index (κ3) is 4.92. The van der Waals surface area contributed by atoms with Crippen molar-refractivity contribution in [2.45, 2.75) is 38.6 Å². The molecule has 5 nitrogen and oxygen atoms in total. The van der Waals surface area contributed by atoms with E-state index in [9.17, 15) is 4.79 Å². The summed E-state index contributed by atoms with van der Waals surface area (Å²) in [5.74, 6) is 1.34. The highest BCUT2D eigenvalue weighted by atomic mass is 32.1. The topological polar surface area (TPSA) is 45.7 Å². The summed E-state index contributed by atoms with van der Waals surface area (Å²) in [6, 6.07) is 7.73. The molecular formula is C22H29N3O2S. The number of carbonyl (C=O) groups is 1. The van der Waals surface area contributed by atoms with E-state index in [1.165, 1.54) is 24.3 Å². The molecule has 2 aliphatic rings. The quantitative estimate of drug-likeness (QED) is 0.735. The Kier molecular flexibility index (Phi) is 6.60. The number of hydrogen-bond acceptors (Lipinski definition) is 5. The van der Waals surface area contributed by atoms with Crippen LogP contribution >= 0.6 is 11.3 Å². The van der Waals surface area contributed by atoms with Gasteiger partial charge in [0.05, 0.1) is 18.7 Å². The Morgan fingerprint density at radius 1 is 1.14 bits per heavy atom. The number of rotatable bonds is 6. The molecular weight excluding hydrogens is 370 g/mol. The Labute approximate surface area is 171 Å². The van der Waals surface area contributed by atoms with Gasteiger partial charge in [0.25, 0.3) is 5.91 Å². The lowest BCUT2D eigenvalue weighted by Gasteiger charge is -2.32. The van der Waals surface area contributed by atoms with Gasteiger partial charge in [-0.1, -0.05) is 12.1 Å². The summed E-state index contributed by atoms with van der Waals surface area (Å²) in [5, 5.41) is 3.22. The van der Waals surface area contributed by atoms with Crippen molar-refractivity contribution in [3.05, 3.63) is 46.4 Å². The molecule has 6 heteroatoms. The predicted octanol–water partition coefficient (Wildman–Crippen LogP) is 4.06. The van der Waals surface area contributed by atoms with Crippen molar-refractivity contribution in [1.82, 2.24) is 14.8 Å². The molecule has 1 aromatic carbocycles. The van der Waals surface area contributed by atoms with Crippen LogP contribution in [0, 0.1) is 5.92 Å². The Balaban J connectivity index is 1.35. The maximum Gasteiger partial charge on any atom is 0.257 e. The van der Waals surface area contributed by atoms with E-state index < -0.39 is 0 Å². The molecule has 0 spiro atoms. The molecule has 0 aliphatic carbocycles. The molecule has 4 rings (SSSR count). The standard InChI is InChI=1S/C22H29N3O2S/c26-22(25-12-4-1-5-13-25)19-8-2-3-9-20(19)27-17-18-7-6-11-24(15-18)16-21-23-10-14-28-21/h2-3,8-10,14,18H,1,4-7,11-13,15-17H2. The molecule has 3 heterocycles. The minimum absolute atomic E-state index is 0.115. The smallest absolute Gasteiger partial charge is 0.257 e. The van der Waals surface area contributed by atoms with Gasteiger partial charge in [0, 0.05) is 37.1 Å². The Morgan fingerprint density at radius 3 is 2.82 bits per heavy atom. The number of carbonyl (C=O) groups excluding carboxylic acids is 1. The number of piperidine rings is 2. The van der Waals surface area contributed by atoms with Crippen molar-refractivity contribution in [3.8, 4) is 5.75 Å². The van der Waals surface area contributed by atoms with Gasteiger partial charge in [-0.05, 0) is 50.8 Å². The molecule has 0 bridgehead atoms. The molecule has 1 aromatic heterocycles. The zero-order valence-corrected chi connectivity index (χ0v) is 17.2. The SMILES string of the molecule is O=C(c1ccccc1OCC1CCCN(Cc2nccs2)C1)N1CCCCC1. The summed E-state index contributed by atoms with van der Waals surface area (Å²) >= 11 is 1.72. The lowest BCUT2D eigenvalue weighted by molar-refractivity contribution is 0.0716. The fourth-order valence-corrected chi connectivity index (χ4v) is 4.86. The van der Waals surface area contributed by atoms with Crippen molar-refractivity contribution >= 4 is 17.2 Å². The van der Waals surface area contributed by atoms with Crippen molar-refractivity contribution in [1.29, 1.82) is 0 Å². The molecule has 2 saturated heterocycles. The highest BCUT2D eigenvalue weighted by Gasteiger charge is 2.24. The molecule has 0 radical (unpaired) electrons. The van der Waals surface area contributed by atoms with E-state index in [0.717, 1.165) is 51.3 Å². The van der Waals surface area contributed by atoms with Crippen LogP contribution in [0.5, 0.6) is 5.75 Å². The number of likely N-dealkylation sites (tertiary alicyclic amines) is 2. The van der Waals surface area contributed by atoms with Crippen LogP contribution < -0.4 is 4.74 Å². The lowest BCUT2D eigenvalue weighted by Crippen LogP contribution is -2.37. The molecule has 1 unspecified atom stereocenters. The van der Waals surface area contributed by atoms with Crippen LogP contribution in [0.4, 0.5) is 0 Å². The summed E-state index contributed by atoms with van der Waals surface area (Å²) in [6.07, 6.45) is 7.67. The largest absolute Gasteiger partial charge is 0.492 e. The van der Waals surface area contributed by atoms with E-state index in [4.69, 9.17) is 4.74 Å². The molecule has 2 fully saturated rings. The molecule has 1 atom stereocenters. The van der Waals surface area contributed by atoms with Gasteiger partial charge in [0.15, 0.2) is 0 Å². The number of amides is 1. The number of ether oxygens (including phenoxy) is 1. The number of aromatic nitrogens is 1. The molecule has 0 N–H and O–H groups in total. The monoisotopic (exact) mass is 399 g/mol. The fourth-order valence-electron chi connectivity index (χ4n) is 4.20. The van der Waals surface area contributed by atoms with Gasteiger partial charge in [0.1, 0.15) is 10.8 Å². The summed E-state index contributed by atoms with van der Waals surface area (Å²) in [4.78, 5) is 21.8. The zero-order valence-electron chi connectivity index (χ0n) is 16.4. The summed E-state index contributed by atoms with van der Waals surface area (Å²) in [5.41, 5.74) is 0.708. The van der Waals surface area contributed by atoms with E-state index in [-0.39, 0.29) is 5.91 Å². The van der Waals surface area contributed by atoms with E-state index in [0.29, 0.717) is 18.1 Å². The van der Waals surface area contributed by atoms with Crippen molar-refractivity contribution in [3.63, 3.8) is 0 Å². The van der Waals surface area contributed by atoms with E-state index in [1.807, 2.05) is 40.7 Å². The van der Waals surface area contributed by atoms with E-state index >= 15 is 0 Å². The summed E-state index contributed by atoms with van der Waals surface area (Å²) in [6.45, 7) is 5.47. The minimum Gasteiger partial charge on any atom is -0.492 e. The van der Waals surface area contributed by atoms with Gasteiger partial charge in [0.2, 0.25) is 0 Å². The first-order chi connectivity index (χ1) is 13.8. The molecule has 150 valence electrons. The number of benzene rings is 1. The second-order valence-electron chi connectivity index (χ2n) is 7.83. The average molecular weight is 400 g/mol. The third-order valence-corrected chi connectivity index (χ3v) is 6.45. The first-order valence-electron chi connectivity index (χ1n) is 10.4. The second kappa shape index (κ2) is 9.52. The summed E-state index contributed by atoms with van der Waals surface area (Å²) in [7, 11) is 0. The van der Waals surface area contributed by atoms with Crippen LogP contribution in [-0.4, -0.2) is 53.5 Å². The first-order valence-corrected chi connectivity index (χ1v) is 11.3. The molecule has 1 amide bonds. The minimum atomic E-state index is 0.115. The van der Waals surface area contributed by atoms with Crippen LogP contribution in [0.2, 0.25) is 0 Å². The fraction of sp³-hybridized carbons (Fsp3) is 0.545. The first kappa shape index (κ1) is 19.4. The third-order valence-electron chi connectivity index (χ3n) is 5.68. The summed E-state index contributed by atoms with van der Waals surface area (Å²) < 4.78 is 6.18. The zero-order chi connectivity index (χ0) is 19.2. The maximum absolute atomic E-state index is 12.9. The van der Waals surface area contributed by atoms with Crippen molar-refractivity contribution < 1.29 is 9.53 Å². The van der Waals surface area contributed by atoms with Crippen LogP contribution in [0.25, 0.3) is 0 Å². The van der Waals surface area contributed by atoms with E-state index in [2.05, 4.69) is 9.88 Å². The Hall–Kier alpha value is -1.92. The van der Waals surface area contributed by atoms with Crippen molar-refractivity contribution in [2.24, 2.45) is 5.92 Å². The normalized spacial score (nSPS) is 20.9. The highest BCUT2D eigenvalue weighted by molar-refractivity contribution is 7.09. The predicted molar refractivity (Wildman–Crippen MR) is 112 cm³/mol. The van der Waals surface area contributed by atoms with Gasteiger partial charge < -0.3 is 9.64 Å². The van der Waals surface area contributed by atoms with Gasteiger partial charge in [-0.15, -0.1) is 11.3 Å². The van der Waals surface area contributed by atoms with Crippen LogP contribution in [0.1, 0.15) is 47.5 Å². The second-order valence-corrected chi connectivity index (χ2v) is 8.81.